The highest BCUT2D eigenvalue weighted by atomic mass is 16.5. The number of benzene rings is 1. The second-order valence-electron chi connectivity index (χ2n) is 7.89. The zero-order valence-electron chi connectivity index (χ0n) is 17.6. The molecule has 1 aromatic rings. The van der Waals surface area contributed by atoms with Crippen LogP contribution in [0.4, 0.5) is 0 Å². The van der Waals surface area contributed by atoms with Crippen molar-refractivity contribution in [3.05, 3.63) is 29.8 Å². The number of carbonyl (C=O) groups is 2. The Labute approximate surface area is 173 Å². The quantitative estimate of drug-likeness (QED) is 0.715. The Bertz CT molecular complexity index is 673. The standard InChI is InChI=1S/C22H33N3O4/c1-3-29-19-6-4-17(5-7-19)16-25-11-10-23-22(27)20(25)14-21(26)24(2)15-18-8-12-28-13-9-18/h4-7,18,20H,3,8-16H2,1-2H3,(H,23,27). The van der Waals surface area contributed by atoms with Gasteiger partial charge in [-0.1, -0.05) is 12.1 Å². The Hall–Kier alpha value is -2.12. The number of ether oxygens (including phenoxy) is 2. The first kappa shape index (κ1) is 21.6. The molecule has 0 spiro atoms. The summed E-state index contributed by atoms with van der Waals surface area (Å²) in [5, 5.41) is 2.91. The monoisotopic (exact) mass is 403 g/mol. The second-order valence-corrected chi connectivity index (χ2v) is 7.89. The van der Waals surface area contributed by atoms with Crippen molar-refractivity contribution in [1.82, 2.24) is 15.1 Å². The summed E-state index contributed by atoms with van der Waals surface area (Å²) < 4.78 is 10.9. The Balaban J connectivity index is 1.58. The molecule has 2 aliphatic rings. The van der Waals surface area contributed by atoms with Gasteiger partial charge in [0, 0.05) is 46.4 Å². The fourth-order valence-corrected chi connectivity index (χ4v) is 4.00. The zero-order chi connectivity index (χ0) is 20.6. The molecule has 3 rings (SSSR count). The third kappa shape index (κ3) is 6.18. The highest BCUT2D eigenvalue weighted by molar-refractivity contribution is 5.88. The van der Waals surface area contributed by atoms with E-state index >= 15 is 0 Å². The van der Waals surface area contributed by atoms with Crippen molar-refractivity contribution in [2.75, 3.05) is 46.5 Å². The smallest absolute Gasteiger partial charge is 0.237 e. The maximum absolute atomic E-state index is 12.8. The third-order valence-corrected chi connectivity index (χ3v) is 5.73. The molecule has 0 saturated carbocycles. The lowest BCUT2D eigenvalue weighted by molar-refractivity contribution is -0.138. The average Bonchev–Trinajstić information content (AvgIpc) is 2.73. The summed E-state index contributed by atoms with van der Waals surface area (Å²) in [7, 11) is 1.84. The molecule has 7 heteroatoms. The molecule has 29 heavy (non-hydrogen) atoms. The number of nitrogens with zero attached hydrogens (tertiary/aromatic N) is 2. The first-order chi connectivity index (χ1) is 14.1. The highest BCUT2D eigenvalue weighted by Gasteiger charge is 2.32. The van der Waals surface area contributed by atoms with Gasteiger partial charge in [-0.2, -0.15) is 0 Å². The van der Waals surface area contributed by atoms with Crippen LogP contribution in [-0.2, 0) is 20.9 Å². The van der Waals surface area contributed by atoms with Gasteiger partial charge in [-0.05, 0) is 43.4 Å². The fourth-order valence-electron chi connectivity index (χ4n) is 4.00. The molecule has 2 amide bonds. The van der Waals surface area contributed by atoms with Gasteiger partial charge >= 0.3 is 0 Å². The number of rotatable bonds is 8. The molecule has 2 saturated heterocycles. The fraction of sp³-hybridized carbons (Fsp3) is 0.636. The predicted molar refractivity (Wildman–Crippen MR) is 111 cm³/mol. The number of hydrogen-bond donors (Lipinski definition) is 1. The summed E-state index contributed by atoms with van der Waals surface area (Å²) in [6.07, 6.45) is 2.19. The van der Waals surface area contributed by atoms with Crippen LogP contribution < -0.4 is 10.1 Å². The minimum atomic E-state index is -0.431. The minimum Gasteiger partial charge on any atom is -0.494 e. The van der Waals surface area contributed by atoms with Crippen molar-refractivity contribution in [2.24, 2.45) is 5.92 Å². The van der Waals surface area contributed by atoms with Crippen molar-refractivity contribution in [1.29, 1.82) is 0 Å². The van der Waals surface area contributed by atoms with E-state index < -0.39 is 6.04 Å². The number of amides is 2. The molecule has 160 valence electrons. The summed E-state index contributed by atoms with van der Waals surface area (Å²) in [6.45, 7) is 6.86. The van der Waals surface area contributed by atoms with E-state index in [9.17, 15) is 9.59 Å². The maximum Gasteiger partial charge on any atom is 0.237 e. The van der Waals surface area contributed by atoms with Crippen LogP contribution in [0.3, 0.4) is 0 Å². The first-order valence-electron chi connectivity index (χ1n) is 10.6. The molecule has 1 aromatic carbocycles. The third-order valence-electron chi connectivity index (χ3n) is 5.73. The van der Waals surface area contributed by atoms with Gasteiger partial charge in [-0.25, -0.2) is 0 Å². The number of carbonyl (C=O) groups excluding carboxylic acids is 2. The topological polar surface area (TPSA) is 71.1 Å². The molecule has 0 radical (unpaired) electrons. The summed E-state index contributed by atoms with van der Waals surface area (Å²) in [6, 6.07) is 7.51. The Morgan fingerprint density at radius 2 is 2.00 bits per heavy atom. The molecule has 2 aliphatic heterocycles. The zero-order valence-corrected chi connectivity index (χ0v) is 17.6. The van der Waals surface area contributed by atoms with Crippen LogP contribution in [0.25, 0.3) is 0 Å². The number of piperazine rings is 1. The Kier molecular flexibility index (Phi) is 7.89. The van der Waals surface area contributed by atoms with E-state index in [1.165, 1.54) is 0 Å². The van der Waals surface area contributed by atoms with Crippen LogP contribution in [0.5, 0.6) is 5.75 Å². The van der Waals surface area contributed by atoms with Crippen molar-refractivity contribution in [3.63, 3.8) is 0 Å². The van der Waals surface area contributed by atoms with Gasteiger partial charge in [0.1, 0.15) is 5.75 Å². The van der Waals surface area contributed by atoms with Crippen molar-refractivity contribution >= 4 is 11.8 Å². The molecule has 1 atom stereocenters. The van der Waals surface area contributed by atoms with Crippen LogP contribution in [0, 0.1) is 5.92 Å². The predicted octanol–water partition coefficient (Wildman–Crippen LogP) is 1.66. The summed E-state index contributed by atoms with van der Waals surface area (Å²) in [5.74, 6) is 1.29. The van der Waals surface area contributed by atoms with Gasteiger partial charge in [0.2, 0.25) is 11.8 Å². The SMILES string of the molecule is CCOc1ccc(CN2CCNC(=O)C2CC(=O)N(C)CC2CCOCC2)cc1. The van der Waals surface area contributed by atoms with Crippen LogP contribution in [0.2, 0.25) is 0 Å². The largest absolute Gasteiger partial charge is 0.494 e. The highest BCUT2D eigenvalue weighted by Crippen LogP contribution is 2.19. The summed E-state index contributed by atoms with van der Waals surface area (Å²) in [4.78, 5) is 29.2. The van der Waals surface area contributed by atoms with Crippen molar-refractivity contribution < 1.29 is 19.1 Å². The molecular formula is C22H33N3O4. The van der Waals surface area contributed by atoms with Gasteiger partial charge in [0.05, 0.1) is 19.1 Å². The maximum atomic E-state index is 12.8. The Morgan fingerprint density at radius 1 is 1.28 bits per heavy atom. The van der Waals surface area contributed by atoms with E-state index in [1.54, 1.807) is 4.90 Å². The van der Waals surface area contributed by atoms with Crippen molar-refractivity contribution in [3.8, 4) is 5.75 Å². The molecule has 0 aliphatic carbocycles. The lowest BCUT2D eigenvalue weighted by Crippen LogP contribution is -2.56. The van der Waals surface area contributed by atoms with Gasteiger partial charge in [-0.15, -0.1) is 0 Å². The van der Waals surface area contributed by atoms with Gasteiger partial charge in [-0.3, -0.25) is 14.5 Å². The van der Waals surface area contributed by atoms with Crippen LogP contribution in [-0.4, -0.2) is 74.2 Å². The van der Waals surface area contributed by atoms with Gasteiger partial charge in [0.15, 0.2) is 0 Å². The van der Waals surface area contributed by atoms with Gasteiger partial charge in [0.25, 0.3) is 0 Å². The molecule has 1 unspecified atom stereocenters. The normalized spacial score (nSPS) is 20.9. The average molecular weight is 404 g/mol. The number of nitrogens with one attached hydrogen (secondary N) is 1. The van der Waals surface area contributed by atoms with Crippen LogP contribution in [0.15, 0.2) is 24.3 Å². The molecule has 0 aromatic heterocycles. The van der Waals surface area contributed by atoms with E-state index in [0.717, 1.165) is 50.5 Å². The Morgan fingerprint density at radius 3 is 2.69 bits per heavy atom. The number of hydrogen-bond acceptors (Lipinski definition) is 5. The van der Waals surface area contributed by atoms with E-state index in [-0.39, 0.29) is 18.2 Å². The van der Waals surface area contributed by atoms with E-state index in [4.69, 9.17) is 9.47 Å². The lowest BCUT2D eigenvalue weighted by atomic mass is 9.99. The minimum absolute atomic E-state index is 0.0234. The molecule has 2 heterocycles. The van der Waals surface area contributed by atoms with Crippen molar-refractivity contribution in [2.45, 2.75) is 38.8 Å². The second kappa shape index (κ2) is 10.6. The van der Waals surface area contributed by atoms with E-state index in [1.807, 2.05) is 38.2 Å². The van der Waals surface area contributed by atoms with E-state index in [2.05, 4.69) is 10.2 Å². The lowest BCUT2D eigenvalue weighted by Gasteiger charge is -2.36. The summed E-state index contributed by atoms with van der Waals surface area (Å²) >= 11 is 0. The molecular weight excluding hydrogens is 370 g/mol. The van der Waals surface area contributed by atoms with E-state index in [0.29, 0.717) is 25.6 Å². The molecule has 7 nitrogen and oxygen atoms in total. The summed E-state index contributed by atoms with van der Waals surface area (Å²) in [5.41, 5.74) is 1.11. The molecule has 2 fully saturated rings. The van der Waals surface area contributed by atoms with Crippen LogP contribution >= 0.6 is 0 Å². The van der Waals surface area contributed by atoms with Gasteiger partial charge < -0.3 is 19.7 Å². The van der Waals surface area contributed by atoms with Crippen LogP contribution in [0.1, 0.15) is 31.7 Å². The first-order valence-corrected chi connectivity index (χ1v) is 10.6. The molecule has 0 bridgehead atoms. The molecule has 1 N–H and O–H groups in total.